The number of nitrogens with zero attached hydrogens (tertiary/aromatic N) is 4. The van der Waals surface area contributed by atoms with Crippen molar-refractivity contribution >= 4 is 17.4 Å². The molecule has 27 heavy (non-hydrogen) atoms. The highest BCUT2D eigenvalue weighted by Crippen LogP contribution is 2.26. The molecule has 0 aromatic carbocycles. The van der Waals surface area contributed by atoms with Gasteiger partial charge in [0.15, 0.2) is 5.82 Å². The Labute approximate surface area is 158 Å². The number of carbonyl (C=O) groups excluding carboxylic acids is 1. The molecule has 0 bridgehead atoms. The molecule has 1 amide bonds. The smallest absolute Gasteiger partial charge is 0.272 e. The third kappa shape index (κ3) is 5.27. The Morgan fingerprint density at radius 2 is 2.04 bits per heavy atom. The molecule has 0 atom stereocenters. The maximum atomic E-state index is 12.2. The zero-order chi connectivity index (χ0) is 19.1. The third-order valence-corrected chi connectivity index (χ3v) is 4.21. The van der Waals surface area contributed by atoms with Gasteiger partial charge in [-0.25, -0.2) is 9.97 Å². The molecule has 1 saturated heterocycles. The van der Waals surface area contributed by atoms with Crippen molar-refractivity contribution in [3.05, 3.63) is 42.1 Å². The van der Waals surface area contributed by atoms with Gasteiger partial charge in [-0.15, -0.1) is 0 Å². The van der Waals surface area contributed by atoms with Gasteiger partial charge < -0.3 is 10.1 Å². The average molecular weight is 371 g/mol. The fourth-order valence-corrected chi connectivity index (χ4v) is 2.71. The van der Waals surface area contributed by atoms with E-state index in [1.165, 1.54) is 24.3 Å². The number of rotatable bonds is 7. The molecule has 1 fully saturated rings. The van der Waals surface area contributed by atoms with Crippen LogP contribution in [0.3, 0.4) is 0 Å². The number of nitrogens with one attached hydrogen (secondary N) is 3. The Balaban J connectivity index is 1.71. The van der Waals surface area contributed by atoms with E-state index >= 15 is 0 Å². The summed E-state index contributed by atoms with van der Waals surface area (Å²) in [5.74, 6) is 0.369. The minimum atomic E-state index is -0.315. The molecule has 0 aliphatic carbocycles. The SMILES string of the molecule is CC(C)=CCNc1nn(C2CCOCC2)cc1NNC(=O)c1cncnc1. The minimum Gasteiger partial charge on any atom is -0.381 e. The number of allylic oxidation sites excluding steroid dienone is 1. The van der Waals surface area contributed by atoms with Crippen LogP contribution in [-0.2, 0) is 4.74 Å². The van der Waals surface area contributed by atoms with Gasteiger partial charge >= 0.3 is 0 Å². The van der Waals surface area contributed by atoms with Crippen molar-refractivity contribution in [2.24, 2.45) is 0 Å². The Bertz CT molecular complexity index is 778. The largest absolute Gasteiger partial charge is 0.381 e. The Kier molecular flexibility index (Phi) is 6.37. The number of amides is 1. The number of hydrazine groups is 1. The summed E-state index contributed by atoms with van der Waals surface area (Å²) >= 11 is 0. The summed E-state index contributed by atoms with van der Waals surface area (Å²) in [5, 5.41) is 7.95. The highest BCUT2D eigenvalue weighted by molar-refractivity contribution is 5.94. The molecule has 3 N–H and O–H groups in total. The molecular weight excluding hydrogens is 346 g/mol. The molecule has 0 saturated carbocycles. The highest BCUT2D eigenvalue weighted by Gasteiger charge is 2.19. The van der Waals surface area contributed by atoms with Gasteiger partial charge in [0, 0.05) is 32.2 Å². The second kappa shape index (κ2) is 9.13. The molecule has 9 heteroatoms. The van der Waals surface area contributed by atoms with Crippen LogP contribution in [0.25, 0.3) is 0 Å². The normalized spacial score (nSPS) is 14.4. The van der Waals surface area contributed by atoms with Crippen molar-refractivity contribution < 1.29 is 9.53 Å². The van der Waals surface area contributed by atoms with Crippen LogP contribution < -0.4 is 16.2 Å². The average Bonchev–Trinajstić information content (AvgIpc) is 3.10. The van der Waals surface area contributed by atoms with Crippen LogP contribution in [0.15, 0.2) is 36.6 Å². The van der Waals surface area contributed by atoms with E-state index in [9.17, 15) is 4.79 Å². The van der Waals surface area contributed by atoms with Gasteiger partial charge in [0.1, 0.15) is 12.0 Å². The van der Waals surface area contributed by atoms with Gasteiger partial charge in [0.05, 0.1) is 17.8 Å². The van der Waals surface area contributed by atoms with Crippen molar-refractivity contribution in [2.75, 3.05) is 30.5 Å². The Morgan fingerprint density at radius 1 is 1.30 bits per heavy atom. The predicted molar refractivity (Wildman–Crippen MR) is 102 cm³/mol. The van der Waals surface area contributed by atoms with Crippen LogP contribution in [0.5, 0.6) is 0 Å². The van der Waals surface area contributed by atoms with Crippen LogP contribution in [0.1, 0.15) is 43.1 Å². The zero-order valence-electron chi connectivity index (χ0n) is 15.6. The lowest BCUT2D eigenvalue weighted by molar-refractivity contribution is 0.0663. The highest BCUT2D eigenvalue weighted by atomic mass is 16.5. The van der Waals surface area contributed by atoms with E-state index in [0.29, 0.717) is 23.6 Å². The van der Waals surface area contributed by atoms with Crippen LogP contribution in [0.2, 0.25) is 0 Å². The Hall–Kier alpha value is -2.94. The molecule has 1 aliphatic heterocycles. The molecule has 0 unspecified atom stereocenters. The summed E-state index contributed by atoms with van der Waals surface area (Å²) in [6.07, 6.45) is 10.1. The van der Waals surface area contributed by atoms with Crippen LogP contribution >= 0.6 is 0 Å². The maximum Gasteiger partial charge on any atom is 0.272 e. The fraction of sp³-hybridized carbons (Fsp3) is 0.444. The summed E-state index contributed by atoms with van der Waals surface area (Å²) in [6, 6.07) is 0.288. The van der Waals surface area contributed by atoms with Crippen molar-refractivity contribution in [3.8, 4) is 0 Å². The minimum absolute atomic E-state index is 0.288. The molecule has 3 heterocycles. The van der Waals surface area contributed by atoms with Gasteiger partial charge in [-0.1, -0.05) is 11.6 Å². The molecule has 1 aliphatic rings. The van der Waals surface area contributed by atoms with Crippen LogP contribution in [-0.4, -0.2) is 45.4 Å². The van der Waals surface area contributed by atoms with E-state index in [0.717, 1.165) is 26.1 Å². The molecule has 3 rings (SSSR count). The van der Waals surface area contributed by atoms with Gasteiger partial charge in [0.2, 0.25) is 0 Å². The Morgan fingerprint density at radius 3 is 2.74 bits per heavy atom. The quantitative estimate of drug-likeness (QED) is 0.506. The summed E-state index contributed by atoms with van der Waals surface area (Å²) < 4.78 is 7.37. The lowest BCUT2D eigenvalue weighted by atomic mass is 10.1. The van der Waals surface area contributed by atoms with Gasteiger partial charge in [-0.05, 0) is 26.7 Å². The topological polar surface area (TPSA) is 106 Å². The first-order valence-corrected chi connectivity index (χ1v) is 8.99. The summed E-state index contributed by atoms with van der Waals surface area (Å²) in [7, 11) is 0. The number of carbonyl (C=O) groups is 1. The van der Waals surface area contributed by atoms with Crippen molar-refractivity contribution in [3.63, 3.8) is 0 Å². The maximum absolute atomic E-state index is 12.2. The van der Waals surface area contributed by atoms with Crippen LogP contribution in [0, 0.1) is 0 Å². The van der Waals surface area contributed by atoms with E-state index < -0.39 is 0 Å². The van der Waals surface area contributed by atoms with E-state index in [4.69, 9.17) is 4.74 Å². The van der Waals surface area contributed by atoms with E-state index in [-0.39, 0.29) is 11.9 Å². The van der Waals surface area contributed by atoms with Gasteiger partial charge in [-0.2, -0.15) is 5.10 Å². The van der Waals surface area contributed by atoms with Gasteiger partial charge in [0.25, 0.3) is 5.91 Å². The first-order valence-electron chi connectivity index (χ1n) is 8.99. The molecule has 0 radical (unpaired) electrons. The molecule has 0 spiro atoms. The third-order valence-electron chi connectivity index (χ3n) is 4.21. The van der Waals surface area contributed by atoms with E-state index in [2.05, 4.69) is 37.3 Å². The van der Waals surface area contributed by atoms with Crippen molar-refractivity contribution in [1.29, 1.82) is 0 Å². The zero-order valence-corrected chi connectivity index (χ0v) is 15.6. The number of hydrogen-bond donors (Lipinski definition) is 3. The molecule has 144 valence electrons. The van der Waals surface area contributed by atoms with Crippen molar-refractivity contribution in [1.82, 2.24) is 25.2 Å². The number of anilines is 2. The summed E-state index contributed by atoms with van der Waals surface area (Å²) in [6.45, 7) is 6.21. The standard InChI is InChI=1S/C18H25N7O2/c1-13(2)3-6-21-17-16(11-25(24-17)15-4-7-27-8-5-15)22-23-18(26)14-9-19-12-20-10-14/h3,9-12,15,22H,4-8H2,1-2H3,(H,21,24)(H,23,26). The molecule has 2 aromatic heterocycles. The second-order valence-corrected chi connectivity index (χ2v) is 6.58. The summed E-state index contributed by atoms with van der Waals surface area (Å²) in [4.78, 5) is 19.9. The number of ether oxygens (including phenoxy) is 1. The lowest BCUT2D eigenvalue weighted by Crippen LogP contribution is -2.29. The predicted octanol–water partition coefficient (Wildman–Crippen LogP) is 2.16. The molecule has 2 aromatic rings. The monoisotopic (exact) mass is 371 g/mol. The number of hydrogen-bond acceptors (Lipinski definition) is 7. The fourth-order valence-electron chi connectivity index (χ4n) is 2.71. The van der Waals surface area contributed by atoms with Crippen LogP contribution in [0.4, 0.5) is 11.5 Å². The van der Waals surface area contributed by atoms with Gasteiger partial charge in [-0.3, -0.25) is 20.3 Å². The first-order chi connectivity index (χ1) is 13.1. The molecular formula is C18H25N7O2. The second-order valence-electron chi connectivity index (χ2n) is 6.58. The molecule has 9 nitrogen and oxygen atoms in total. The van der Waals surface area contributed by atoms with Crippen molar-refractivity contribution in [2.45, 2.75) is 32.7 Å². The number of aromatic nitrogens is 4. The first kappa shape index (κ1) is 18.8. The lowest BCUT2D eigenvalue weighted by Gasteiger charge is -2.22. The van der Waals surface area contributed by atoms with E-state index in [1.807, 2.05) is 24.7 Å². The van der Waals surface area contributed by atoms with E-state index in [1.54, 1.807) is 0 Å². The summed E-state index contributed by atoms with van der Waals surface area (Å²) in [5.41, 5.74) is 7.92.